The zero-order valence-electron chi connectivity index (χ0n) is 11.0. The largest absolute Gasteiger partial charge is 0.394 e. The minimum atomic E-state index is -0.423. The fraction of sp³-hybridized carbons (Fsp3) is 0.308. The van der Waals surface area contributed by atoms with Gasteiger partial charge in [0, 0.05) is 18.4 Å². The monoisotopic (exact) mass is 294 g/mol. The highest BCUT2D eigenvalue weighted by Gasteiger charge is 2.08. The van der Waals surface area contributed by atoms with Crippen LogP contribution in [0.2, 0.25) is 5.02 Å². The Morgan fingerprint density at radius 1 is 1.40 bits per heavy atom. The Labute approximate surface area is 121 Å². The van der Waals surface area contributed by atoms with E-state index in [1.54, 1.807) is 6.20 Å². The molecule has 0 saturated carbocycles. The molecule has 0 aromatic carbocycles. The van der Waals surface area contributed by atoms with Gasteiger partial charge >= 0.3 is 0 Å². The van der Waals surface area contributed by atoms with Gasteiger partial charge in [-0.15, -0.1) is 0 Å². The standard InChI is InChI=1S/C13H15ClN4O2/c1-9-2-3-10(6-15-9)7-16-11-8-17-18(4-5-19)13(20)12(11)14/h2-3,6,8,16,19H,4-5,7H2,1H3. The Morgan fingerprint density at radius 3 is 2.85 bits per heavy atom. The average molecular weight is 295 g/mol. The first-order chi connectivity index (χ1) is 9.61. The molecule has 0 spiro atoms. The molecule has 0 fully saturated rings. The summed E-state index contributed by atoms with van der Waals surface area (Å²) in [5.74, 6) is 0. The lowest BCUT2D eigenvalue weighted by Crippen LogP contribution is -2.25. The van der Waals surface area contributed by atoms with E-state index in [-0.39, 0.29) is 18.2 Å². The zero-order valence-corrected chi connectivity index (χ0v) is 11.8. The van der Waals surface area contributed by atoms with Crippen LogP contribution in [0, 0.1) is 6.92 Å². The smallest absolute Gasteiger partial charge is 0.287 e. The SMILES string of the molecule is Cc1ccc(CNc2cnn(CCO)c(=O)c2Cl)cn1. The summed E-state index contributed by atoms with van der Waals surface area (Å²) >= 11 is 5.99. The van der Waals surface area contributed by atoms with Crippen molar-refractivity contribution in [1.82, 2.24) is 14.8 Å². The van der Waals surface area contributed by atoms with Crippen LogP contribution in [-0.2, 0) is 13.1 Å². The van der Waals surface area contributed by atoms with Crippen molar-refractivity contribution in [1.29, 1.82) is 0 Å². The second kappa shape index (κ2) is 6.49. The van der Waals surface area contributed by atoms with Crippen molar-refractivity contribution < 1.29 is 5.11 Å². The Kier molecular flexibility index (Phi) is 4.70. The van der Waals surface area contributed by atoms with Gasteiger partial charge in [0.15, 0.2) is 0 Å². The fourth-order valence-electron chi connectivity index (χ4n) is 1.64. The molecule has 0 unspecified atom stereocenters. The minimum Gasteiger partial charge on any atom is -0.394 e. The van der Waals surface area contributed by atoms with Crippen molar-refractivity contribution in [3.8, 4) is 0 Å². The van der Waals surface area contributed by atoms with Gasteiger partial charge in [0.1, 0.15) is 5.02 Å². The van der Waals surface area contributed by atoms with Crippen molar-refractivity contribution in [2.75, 3.05) is 11.9 Å². The molecule has 0 aliphatic carbocycles. The lowest BCUT2D eigenvalue weighted by Gasteiger charge is -2.09. The Hall–Kier alpha value is -1.92. The Balaban J connectivity index is 2.12. The van der Waals surface area contributed by atoms with Crippen LogP contribution in [0.1, 0.15) is 11.3 Å². The fourth-order valence-corrected chi connectivity index (χ4v) is 1.86. The molecule has 7 heteroatoms. The van der Waals surface area contributed by atoms with E-state index >= 15 is 0 Å². The average Bonchev–Trinajstić information content (AvgIpc) is 2.45. The van der Waals surface area contributed by atoms with Crippen LogP contribution in [0.4, 0.5) is 5.69 Å². The summed E-state index contributed by atoms with van der Waals surface area (Å²) in [5, 5.41) is 15.9. The molecule has 6 nitrogen and oxygen atoms in total. The number of rotatable bonds is 5. The van der Waals surface area contributed by atoms with Gasteiger partial charge in [-0.1, -0.05) is 17.7 Å². The van der Waals surface area contributed by atoms with Crippen molar-refractivity contribution in [2.45, 2.75) is 20.0 Å². The van der Waals surface area contributed by atoms with Crippen LogP contribution in [0.15, 0.2) is 29.3 Å². The minimum absolute atomic E-state index is 0.0634. The molecule has 0 aliphatic rings. The van der Waals surface area contributed by atoms with Crippen LogP contribution in [0.3, 0.4) is 0 Å². The molecule has 0 amide bonds. The number of nitrogens with zero attached hydrogens (tertiary/aromatic N) is 3. The highest BCUT2D eigenvalue weighted by Crippen LogP contribution is 2.16. The molecule has 2 N–H and O–H groups in total. The first kappa shape index (κ1) is 14.5. The predicted octanol–water partition coefficient (Wildman–Crippen LogP) is 1.20. The quantitative estimate of drug-likeness (QED) is 0.866. The molecule has 0 saturated heterocycles. The maximum atomic E-state index is 11.8. The third-order valence-electron chi connectivity index (χ3n) is 2.75. The number of nitrogens with one attached hydrogen (secondary N) is 1. The lowest BCUT2D eigenvalue weighted by atomic mass is 10.2. The number of aliphatic hydroxyl groups excluding tert-OH is 1. The maximum absolute atomic E-state index is 11.8. The molecule has 2 aromatic rings. The number of hydrogen-bond donors (Lipinski definition) is 2. The molecule has 0 radical (unpaired) electrons. The van der Waals surface area contributed by atoms with Gasteiger partial charge in [-0.25, -0.2) is 4.68 Å². The van der Waals surface area contributed by atoms with E-state index in [0.717, 1.165) is 15.9 Å². The molecule has 0 aliphatic heterocycles. The van der Waals surface area contributed by atoms with Crippen molar-refractivity contribution in [3.63, 3.8) is 0 Å². The molecule has 2 rings (SSSR count). The van der Waals surface area contributed by atoms with E-state index in [9.17, 15) is 4.79 Å². The van der Waals surface area contributed by atoms with E-state index in [4.69, 9.17) is 16.7 Å². The molecule has 106 valence electrons. The van der Waals surface area contributed by atoms with Crippen molar-refractivity contribution in [2.24, 2.45) is 0 Å². The molecule has 0 bridgehead atoms. The number of anilines is 1. The van der Waals surface area contributed by atoms with Crippen LogP contribution in [0.5, 0.6) is 0 Å². The van der Waals surface area contributed by atoms with Crippen LogP contribution < -0.4 is 10.9 Å². The van der Waals surface area contributed by atoms with E-state index in [2.05, 4.69) is 15.4 Å². The number of halogens is 1. The van der Waals surface area contributed by atoms with Crippen molar-refractivity contribution in [3.05, 3.63) is 51.2 Å². The summed E-state index contributed by atoms with van der Waals surface area (Å²) in [4.78, 5) is 16.0. The second-order valence-electron chi connectivity index (χ2n) is 4.29. The summed E-state index contributed by atoms with van der Waals surface area (Å²) in [5.41, 5.74) is 1.96. The summed E-state index contributed by atoms with van der Waals surface area (Å²) in [6.45, 7) is 2.38. The number of aromatic nitrogens is 3. The Morgan fingerprint density at radius 2 is 2.20 bits per heavy atom. The first-order valence-electron chi connectivity index (χ1n) is 6.13. The summed E-state index contributed by atoms with van der Waals surface area (Å²) in [7, 11) is 0. The van der Waals surface area contributed by atoms with E-state index < -0.39 is 5.56 Å². The highest BCUT2D eigenvalue weighted by atomic mass is 35.5. The van der Waals surface area contributed by atoms with Gasteiger partial charge in [0.05, 0.1) is 25.0 Å². The number of aliphatic hydroxyl groups is 1. The summed E-state index contributed by atoms with van der Waals surface area (Å²) in [6.07, 6.45) is 3.23. The van der Waals surface area contributed by atoms with Gasteiger partial charge in [-0.2, -0.15) is 5.10 Å². The van der Waals surface area contributed by atoms with Gasteiger partial charge in [-0.05, 0) is 18.6 Å². The molecule has 2 aromatic heterocycles. The maximum Gasteiger partial charge on any atom is 0.287 e. The molecular formula is C13H15ClN4O2. The third kappa shape index (κ3) is 3.34. The normalized spacial score (nSPS) is 10.6. The molecular weight excluding hydrogens is 280 g/mol. The van der Waals surface area contributed by atoms with E-state index in [0.29, 0.717) is 12.2 Å². The van der Waals surface area contributed by atoms with Crippen LogP contribution in [0.25, 0.3) is 0 Å². The molecule has 20 heavy (non-hydrogen) atoms. The zero-order chi connectivity index (χ0) is 14.5. The van der Waals surface area contributed by atoms with Crippen molar-refractivity contribution >= 4 is 17.3 Å². The predicted molar refractivity (Wildman–Crippen MR) is 76.9 cm³/mol. The van der Waals surface area contributed by atoms with Crippen LogP contribution >= 0.6 is 11.6 Å². The lowest BCUT2D eigenvalue weighted by molar-refractivity contribution is 0.266. The third-order valence-corrected chi connectivity index (χ3v) is 3.12. The van der Waals surface area contributed by atoms with Crippen LogP contribution in [-0.4, -0.2) is 26.5 Å². The van der Waals surface area contributed by atoms with E-state index in [1.165, 1.54) is 6.20 Å². The molecule has 2 heterocycles. The first-order valence-corrected chi connectivity index (χ1v) is 6.51. The topological polar surface area (TPSA) is 80.0 Å². The molecule has 0 atom stereocenters. The Bertz CT molecular complexity index is 640. The summed E-state index contributed by atoms with van der Waals surface area (Å²) in [6, 6.07) is 3.86. The van der Waals surface area contributed by atoms with Gasteiger partial charge in [-0.3, -0.25) is 9.78 Å². The number of pyridine rings is 1. The number of aryl methyl sites for hydroxylation is 1. The van der Waals surface area contributed by atoms with Gasteiger partial charge < -0.3 is 10.4 Å². The van der Waals surface area contributed by atoms with Gasteiger partial charge in [0.2, 0.25) is 0 Å². The number of hydrogen-bond acceptors (Lipinski definition) is 5. The highest BCUT2D eigenvalue weighted by molar-refractivity contribution is 6.32. The van der Waals surface area contributed by atoms with Gasteiger partial charge in [0.25, 0.3) is 5.56 Å². The second-order valence-corrected chi connectivity index (χ2v) is 4.66. The van der Waals surface area contributed by atoms with E-state index in [1.807, 2.05) is 19.1 Å². The summed E-state index contributed by atoms with van der Waals surface area (Å²) < 4.78 is 1.13.